The first-order valence-corrected chi connectivity index (χ1v) is 4.22. The fourth-order valence-electron chi connectivity index (χ4n) is 0.580. The quantitative estimate of drug-likeness (QED) is 0.453. The van der Waals surface area contributed by atoms with Crippen molar-refractivity contribution in [3.8, 4) is 0 Å². The lowest BCUT2D eigenvalue weighted by Crippen LogP contribution is -2.09. The minimum absolute atomic E-state index is 0.158. The Bertz CT molecular complexity index is 345. The average Bonchev–Trinajstić information content (AvgIpc) is 1.82. The largest absolute Gasteiger partial charge is 0.431 e. The summed E-state index contributed by atoms with van der Waals surface area (Å²) < 4.78 is 36.2. The molecule has 0 aliphatic rings. The molecular weight excluding hydrogens is 304 g/mol. The van der Waals surface area contributed by atoms with Crippen LogP contribution in [0.15, 0.2) is 6.07 Å². The minimum atomic E-state index is -4.39. The van der Waals surface area contributed by atoms with Gasteiger partial charge >= 0.3 is 6.18 Å². The molecule has 0 radical (unpaired) electrons. The molecule has 1 aromatic heterocycles. The summed E-state index contributed by atoms with van der Waals surface area (Å²) in [4.78, 5) is 5.56. The highest BCUT2D eigenvalue weighted by Crippen LogP contribution is 2.27. The Kier molecular flexibility index (Phi) is 2.71. The van der Waals surface area contributed by atoms with E-state index in [1.54, 1.807) is 22.6 Å². The molecule has 12 heavy (non-hydrogen) atoms. The van der Waals surface area contributed by atoms with Gasteiger partial charge in [-0.2, -0.15) is 13.2 Å². The van der Waals surface area contributed by atoms with Crippen molar-refractivity contribution >= 4 is 34.8 Å². The fourth-order valence-corrected chi connectivity index (χ4v) is 1.50. The Balaban J connectivity index is 3.27. The summed E-state index contributed by atoms with van der Waals surface area (Å²) in [6.07, 6.45) is -4.39. The maximum Gasteiger partial charge on any atom is 0.431 e. The van der Waals surface area contributed by atoms with Crippen molar-refractivity contribution in [1.82, 2.24) is 9.97 Å². The number of hydrogen-bond acceptors (Lipinski definition) is 2. The summed E-state index contributed by atoms with van der Waals surface area (Å²) >= 11 is 6.16. The van der Waals surface area contributed by atoms with E-state index in [1.807, 2.05) is 4.98 Å². The van der Waals surface area contributed by atoms with Crippen molar-refractivity contribution in [1.29, 1.82) is 0 Å². The number of aromatic nitrogens is 2. The molecule has 66 valence electrons. The SMILES string of the molecule is FC(F)(F)c1cc(I)nc(=S)[nH]1. The zero-order chi connectivity index (χ0) is 9.35. The number of aromatic amines is 1. The Hall–Kier alpha value is -0.180. The molecule has 2 nitrogen and oxygen atoms in total. The molecule has 0 spiro atoms. The number of nitrogens with one attached hydrogen (secondary N) is 1. The van der Waals surface area contributed by atoms with Gasteiger partial charge in [0.1, 0.15) is 9.39 Å². The maximum atomic E-state index is 12.0. The molecule has 0 aliphatic heterocycles. The third-order valence-corrected chi connectivity index (χ3v) is 1.76. The van der Waals surface area contributed by atoms with Crippen LogP contribution in [0.1, 0.15) is 5.69 Å². The Morgan fingerprint density at radius 3 is 2.50 bits per heavy atom. The second-order valence-electron chi connectivity index (χ2n) is 1.92. The van der Waals surface area contributed by atoms with Crippen LogP contribution in [0.3, 0.4) is 0 Å². The molecule has 1 heterocycles. The standard InChI is InChI=1S/C5H2F3IN2S/c6-5(7,8)2-1-3(9)11-4(12)10-2/h1H,(H,10,11,12). The van der Waals surface area contributed by atoms with Crippen LogP contribution < -0.4 is 0 Å². The van der Waals surface area contributed by atoms with Crippen molar-refractivity contribution < 1.29 is 13.2 Å². The first kappa shape index (κ1) is 9.90. The van der Waals surface area contributed by atoms with Crippen molar-refractivity contribution in [2.24, 2.45) is 0 Å². The summed E-state index contributed by atoms with van der Waals surface area (Å²) in [7, 11) is 0. The summed E-state index contributed by atoms with van der Waals surface area (Å²) in [6.45, 7) is 0. The number of rotatable bonds is 0. The monoisotopic (exact) mass is 306 g/mol. The third-order valence-electron chi connectivity index (χ3n) is 1.02. The van der Waals surface area contributed by atoms with E-state index in [9.17, 15) is 13.2 Å². The Morgan fingerprint density at radius 1 is 1.50 bits per heavy atom. The van der Waals surface area contributed by atoms with Gasteiger partial charge in [0.15, 0.2) is 4.77 Å². The molecule has 0 fully saturated rings. The van der Waals surface area contributed by atoms with E-state index < -0.39 is 11.9 Å². The molecule has 0 saturated carbocycles. The van der Waals surface area contributed by atoms with E-state index >= 15 is 0 Å². The van der Waals surface area contributed by atoms with E-state index in [-0.39, 0.29) is 8.47 Å². The van der Waals surface area contributed by atoms with Gasteiger partial charge in [0.05, 0.1) is 0 Å². The van der Waals surface area contributed by atoms with Gasteiger partial charge in [-0.3, -0.25) is 0 Å². The molecule has 0 atom stereocenters. The fraction of sp³-hybridized carbons (Fsp3) is 0.200. The van der Waals surface area contributed by atoms with Crippen LogP contribution in [0.25, 0.3) is 0 Å². The lowest BCUT2D eigenvalue weighted by atomic mass is 10.4. The average molecular weight is 306 g/mol. The normalized spacial score (nSPS) is 11.7. The molecular formula is C5H2F3IN2S. The Labute approximate surface area is 84.4 Å². The van der Waals surface area contributed by atoms with Crippen LogP contribution in [-0.4, -0.2) is 9.97 Å². The van der Waals surface area contributed by atoms with Gasteiger partial charge in [-0.15, -0.1) is 0 Å². The summed E-state index contributed by atoms with van der Waals surface area (Å²) in [5.41, 5.74) is -0.869. The van der Waals surface area contributed by atoms with E-state index in [0.717, 1.165) is 6.07 Å². The molecule has 7 heteroatoms. The molecule has 0 amide bonds. The second kappa shape index (κ2) is 3.29. The van der Waals surface area contributed by atoms with E-state index in [1.165, 1.54) is 0 Å². The number of alkyl halides is 3. The summed E-state index contributed by atoms with van der Waals surface area (Å²) in [6, 6.07) is 0.899. The predicted molar refractivity (Wildman–Crippen MR) is 47.1 cm³/mol. The van der Waals surface area contributed by atoms with Gasteiger partial charge in [-0.25, -0.2) is 4.98 Å². The van der Waals surface area contributed by atoms with Crippen LogP contribution >= 0.6 is 34.8 Å². The first-order chi connectivity index (χ1) is 5.39. The number of halogens is 4. The zero-order valence-electron chi connectivity index (χ0n) is 5.44. The molecule has 0 saturated heterocycles. The van der Waals surface area contributed by atoms with Gasteiger partial charge in [0.25, 0.3) is 0 Å². The van der Waals surface area contributed by atoms with E-state index in [4.69, 9.17) is 0 Å². The van der Waals surface area contributed by atoms with Gasteiger partial charge in [0, 0.05) is 0 Å². The second-order valence-corrected chi connectivity index (χ2v) is 3.41. The Morgan fingerprint density at radius 2 is 2.08 bits per heavy atom. The molecule has 1 N–H and O–H groups in total. The van der Waals surface area contributed by atoms with Crippen molar-refractivity contribution in [3.63, 3.8) is 0 Å². The van der Waals surface area contributed by atoms with Crippen LogP contribution in [-0.2, 0) is 6.18 Å². The number of hydrogen-bond donors (Lipinski definition) is 1. The van der Waals surface area contributed by atoms with Crippen LogP contribution in [0.4, 0.5) is 13.2 Å². The topological polar surface area (TPSA) is 28.7 Å². The molecule has 0 bridgehead atoms. The molecule has 1 aromatic rings. The van der Waals surface area contributed by atoms with Gasteiger partial charge < -0.3 is 4.98 Å². The predicted octanol–water partition coefficient (Wildman–Crippen LogP) is 2.76. The van der Waals surface area contributed by atoms with Crippen molar-refractivity contribution in [3.05, 3.63) is 20.2 Å². The first-order valence-electron chi connectivity index (χ1n) is 2.73. The van der Waals surface area contributed by atoms with Gasteiger partial charge in [0.2, 0.25) is 0 Å². The number of H-pyrrole nitrogens is 1. The highest BCUT2D eigenvalue weighted by atomic mass is 127. The number of nitrogens with zero attached hydrogens (tertiary/aromatic N) is 1. The zero-order valence-corrected chi connectivity index (χ0v) is 8.42. The van der Waals surface area contributed by atoms with Crippen LogP contribution in [0.5, 0.6) is 0 Å². The van der Waals surface area contributed by atoms with Crippen molar-refractivity contribution in [2.75, 3.05) is 0 Å². The highest BCUT2D eigenvalue weighted by Gasteiger charge is 2.31. The molecule has 1 rings (SSSR count). The van der Waals surface area contributed by atoms with Gasteiger partial charge in [-0.05, 0) is 40.9 Å². The lowest BCUT2D eigenvalue weighted by molar-refractivity contribution is -0.141. The van der Waals surface area contributed by atoms with Crippen LogP contribution in [0.2, 0.25) is 0 Å². The molecule has 0 unspecified atom stereocenters. The highest BCUT2D eigenvalue weighted by molar-refractivity contribution is 14.1. The summed E-state index contributed by atoms with van der Waals surface area (Å²) in [5, 5.41) is 0. The molecule has 0 aliphatic carbocycles. The lowest BCUT2D eigenvalue weighted by Gasteiger charge is -2.05. The smallest absolute Gasteiger partial charge is 0.327 e. The molecule has 0 aromatic carbocycles. The van der Waals surface area contributed by atoms with Gasteiger partial charge in [-0.1, -0.05) is 0 Å². The van der Waals surface area contributed by atoms with Crippen molar-refractivity contribution in [2.45, 2.75) is 6.18 Å². The van der Waals surface area contributed by atoms with E-state index in [0.29, 0.717) is 0 Å². The maximum absolute atomic E-state index is 12.0. The summed E-state index contributed by atoms with van der Waals surface area (Å²) in [5.74, 6) is 0. The van der Waals surface area contributed by atoms with E-state index in [2.05, 4.69) is 17.2 Å². The van der Waals surface area contributed by atoms with Crippen LogP contribution in [0, 0.1) is 8.47 Å². The minimum Gasteiger partial charge on any atom is -0.327 e. The third kappa shape index (κ3) is 2.41.